The van der Waals surface area contributed by atoms with Crippen LogP contribution >= 0.6 is 0 Å². The first-order valence-electron chi connectivity index (χ1n) is 5.42. The van der Waals surface area contributed by atoms with Crippen LogP contribution in [0.1, 0.15) is 25.8 Å². The molecule has 3 nitrogen and oxygen atoms in total. The summed E-state index contributed by atoms with van der Waals surface area (Å²) in [6.07, 6.45) is 0.687. The van der Waals surface area contributed by atoms with Gasteiger partial charge in [0, 0.05) is 5.69 Å². The molecule has 0 spiro atoms. The second-order valence-corrected chi connectivity index (χ2v) is 6.60. The van der Waals surface area contributed by atoms with Gasteiger partial charge in [0.25, 0.3) is 0 Å². The van der Waals surface area contributed by atoms with E-state index in [4.69, 9.17) is 5.73 Å². The Balaban J connectivity index is 2.99. The average molecular weight is 241 g/mol. The Bertz CT molecular complexity index is 464. The van der Waals surface area contributed by atoms with Crippen molar-refractivity contribution in [2.75, 3.05) is 11.5 Å². The summed E-state index contributed by atoms with van der Waals surface area (Å²) in [6.45, 7) is 5.81. The number of aryl methyl sites for hydroxylation is 1. The summed E-state index contributed by atoms with van der Waals surface area (Å²) in [5, 5.41) is 0. The van der Waals surface area contributed by atoms with Crippen molar-refractivity contribution >= 4 is 15.5 Å². The molecule has 0 unspecified atom stereocenters. The van der Waals surface area contributed by atoms with Crippen molar-refractivity contribution in [1.82, 2.24) is 0 Å². The second-order valence-electron chi connectivity index (χ2n) is 4.53. The molecule has 0 aliphatic carbocycles. The smallest absolute Gasteiger partial charge is 0.178 e. The lowest BCUT2D eigenvalue weighted by molar-refractivity contribution is 0.573. The fourth-order valence-corrected chi connectivity index (χ4v) is 3.35. The molecule has 90 valence electrons. The lowest BCUT2D eigenvalue weighted by atomic mass is 10.2. The van der Waals surface area contributed by atoms with Gasteiger partial charge in [-0.05, 0) is 43.0 Å². The van der Waals surface area contributed by atoms with Gasteiger partial charge in [-0.2, -0.15) is 0 Å². The summed E-state index contributed by atoms with van der Waals surface area (Å²) in [6, 6.07) is 4.93. The predicted octanol–water partition coefficient (Wildman–Crippen LogP) is 2.40. The van der Waals surface area contributed by atoms with E-state index in [-0.39, 0.29) is 5.75 Å². The number of nitrogens with two attached hydrogens (primary N) is 1. The van der Waals surface area contributed by atoms with E-state index >= 15 is 0 Å². The van der Waals surface area contributed by atoms with Crippen LogP contribution in [-0.2, 0) is 9.84 Å². The van der Waals surface area contributed by atoms with Gasteiger partial charge in [0.05, 0.1) is 10.6 Å². The van der Waals surface area contributed by atoms with Crippen molar-refractivity contribution in [3.8, 4) is 0 Å². The van der Waals surface area contributed by atoms with Crippen molar-refractivity contribution in [2.45, 2.75) is 32.1 Å². The molecule has 4 heteroatoms. The molecule has 0 saturated carbocycles. The lowest BCUT2D eigenvalue weighted by Gasteiger charge is -2.09. The van der Waals surface area contributed by atoms with Gasteiger partial charge in [0.2, 0.25) is 0 Å². The normalized spacial score (nSPS) is 12.0. The fourth-order valence-electron chi connectivity index (χ4n) is 1.52. The number of anilines is 1. The Labute approximate surface area is 97.6 Å². The molecular weight excluding hydrogens is 222 g/mol. The first kappa shape index (κ1) is 13.0. The summed E-state index contributed by atoms with van der Waals surface area (Å²) < 4.78 is 24.1. The maximum atomic E-state index is 12.0. The van der Waals surface area contributed by atoms with Crippen LogP contribution in [0.15, 0.2) is 23.1 Å². The number of sulfone groups is 1. The van der Waals surface area contributed by atoms with Crippen LogP contribution in [0, 0.1) is 12.8 Å². The van der Waals surface area contributed by atoms with E-state index in [1.807, 2.05) is 13.8 Å². The van der Waals surface area contributed by atoms with E-state index in [1.54, 1.807) is 25.1 Å². The minimum absolute atomic E-state index is 0.204. The third kappa shape index (κ3) is 3.23. The number of rotatable bonds is 4. The minimum Gasteiger partial charge on any atom is -0.399 e. The van der Waals surface area contributed by atoms with E-state index in [0.717, 1.165) is 5.56 Å². The molecule has 0 aliphatic rings. The standard InChI is InChI=1S/C12H19NO2S/c1-9(2)6-7-16(14,15)12-5-4-11(13)8-10(12)3/h4-5,8-9H,6-7,13H2,1-3H3. The Hall–Kier alpha value is -1.03. The monoisotopic (exact) mass is 241 g/mol. The highest BCUT2D eigenvalue weighted by atomic mass is 32.2. The van der Waals surface area contributed by atoms with E-state index in [9.17, 15) is 8.42 Å². The molecule has 1 aromatic carbocycles. The highest BCUT2D eigenvalue weighted by molar-refractivity contribution is 7.91. The quantitative estimate of drug-likeness (QED) is 0.823. The molecule has 0 aliphatic heterocycles. The van der Waals surface area contributed by atoms with Gasteiger partial charge >= 0.3 is 0 Å². The Morgan fingerprint density at radius 2 is 1.94 bits per heavy atom. The van der Waals surface area contributed by atoms with Crippen LogP contribution in [-0.4, -0.2) is 14.2 Å². The molecule has 0 saturated heterocycles. The predicted molar refractivity (Wildman–Crippen MR) is 67.1 cm³/mol. The molecule has 1 rings (SSSR count). The summed E-state index contributed by atoms with van der Waals surface area (Å²) in [7, 11) is -3.16. The molecule has 0 atom stereocenters. The molecule has 2 N–H and O–H groups in total. The van der Waals surface area contributed by atoms with Crippen LogP contribution in [0.2, 0.25) is 0 Å². The molecule has 0 amide bonds. The molecule has 0 aromatic heterocycles. The van der Waals surface area contributed by atoms with Crippen LogP contribution in [0.25, 0.3) is 0 Å². The summed E-state index contributed by atoms with van der Waals surface area (Å²) in [5.41, 5.74) is 6.92. The third-order valence-electron chi connectivity index (χ3n) is 2.50. The molecule has 0 fully saturated rings. The molecule has 0 radical (unpaired) electrons. The summed E-state index contributed by atoms with van der Waals surface area (Å²) in [5.74, 6) is 0.596. The number of benzene rings is 1. The van der Waals surface area contributed by atoms with E-state index in [1.165, 1.54) is 0 Å². The largest absolute Gasteiger partial charge is 0.399 e. The average Bonchev–Trinajstić information content (AvgIpc) is 2.14. The van der Waals surface area contributed by atoms with Gasteiger partial charge < -0.3 is 5.73 Å². The molecule has 16 heavy (non-hydrogen) atoms. The molecule has 0 heterocycles. The van der Waals surface area contributed by atoms with Crippen molar-refractivity contribution in [2.24, 2.45) is 5.92 Å². The van der Waals surface area contributed by atoms with Gasteiger partial charge in [0.1, 0.15) is 0 Å². The van der Waals surface area contributed by atoms with Crippen LogP contribution in [0.3, 0.4) is 0 Å². The van der Waals surface area contributed by atoms with Crippen molar-refractivity contribution < 1.29 is 8.42 Å². The van der Waals surface area contributed by atoms with E-state index in [0.29, 0.717) is 22.9 Å². The zero-order valence-electron chi connectivity index (χ0n) is 10.0. The Morgan fingerprint density at radius 3 is 2.44 bits per heavy atom. The number of hydrogen-bond donors (Lipinski definition) is 1. The van der Waals surface area contributed by atoms with Crippen molar-refractivity contribution in [3.05, 3.63) is 23.8 Å². The Kier molecular flexibility index (Phi) is 3.97. The van der Waals surface area contributed by atoms with Crippen LogP contribution < -0.4 is 5.73 Å². The van der Waals surface area contributed by atoms with E-state index in [2.05, 4.69) is 0 Å². The first-order valence-corrected chi connectivity index (χ1v) is 7.07. The van der Waals surface area contributed by atoms with Crippen LogP contribution in [0.4, 0.5) is 5.69 Å². The van der Waals surface area contributed by atoms with Crippen molar-refractivity contribution in [1.29, 1.82) is 0 Å². The first-order chi connectivity index (χ1) is 7.33. The zero-order valence-corrected chi connectivity index (χ0v) is 10.8. The SMILES string of the molecule is Cc1cc(N)ccc1S(=O)(=O)CCC(C)C. The van der Waals surface area contributed by atoms with Gasteiger partial charge in [-0.15, -0.1) is 0 Å². The molecule has 0 bridgehead atoms. The van der Waals surface area contributed by atoms with Crippen molar-refractivity contribution in [3.63, 3.8) is 0 Å². The maximum Gasteiger partial charge on any atom is 0.178 e. The molecule has 1 aromatic rings. The summed E-state index contributed by atoms with van der Waals surface area (Å²) >= 11 is 0. The fraction of sp³-hybridized carbons (Fsp3) is 0.500. The highest BCUT2D eigenvalue weighted by Crippen LogP contribution is 2.20. The topological polar surface area (TPSA) is 60.2 Å². The zero-order chi connectivity index (χ0) is 12.3. The maximum absolute atomic E-state index is 12.0. The third-order valence-corrected chi connectivity index (χ3v) is 4.40. The minimum atomic E-state index is -3.16. The van der Waals surface area contributed by atoms with Gasteiger partial charge in [0.15, 0.2) is 9.84 Å². The highest BCUT2D eigenvalue weighted by Gasteiger charge is 2.17. The van der Waals surface area contributed by atoms with E-state index < -0.39 is 9.84 Å². The van der Waals surface area contributed by atoms with Gasteiger partial charge in [-0.25, -0.2) is 8.42 Å². The number of nitrogen functional groups attached to an aromatic ring is 1. The van der Waals surface area contributed by atoms with Crippen LogP contribution in [0.5, 0.6) is 0 Å². The second kappa shape index (κ2) is 4.87. The Morgan fingerprint density at radius 1 is 1.31 bits per heavy atom. The number of hydrogen-bond acceptors (Lipinski definition) is 3. The van der Waals surface area contributed by atoms with Gasteiger partial charge in [-0.3, -0.25) is 0 Å². The van der Waals surface area contributed by atoms with Gasteiger partial charge in [-0.1, -0.05) is 13.8 Å². The summed E-state index contributed by atoms with van der Waals surface area (Å²) in [4.78, 5) is 0.405. The molecular formula is C12H19NO2S. The lowest BCUT2D eigenvalue weighted by Crippen LogP contribution is -2.10.